The van der Waals surface area contributed by atoms with Crippen molar-refractivity contribution >= 4 is 69.8 Å². The molecule has 4 atom stereocenters. The quantitative estimate of drug-likeness (QED) is 0.0728. The number of fused-ring (bicyclic) bond motifs is 3. The van der Waals surface area contributed by atoms with Gasteiger partial charge in [0, 0.05) is 43.2 Å². The number of pyridine rings is 1. The van der Waals surface area contributed by atoms with Gasteiger partial charge in [-0.2, -0.15) is 0 Å². The van der Waals surface area contributed by atoms with E-state index in [0.717, 1.165) is 37.3 Å². The van der Waals surface area contributed by atoms with Gasteiger partial charge in [-0.25, -0.2) is 18.8 Å². The average molecular weight is 1000 g/mol. The fraction of sp³-hybridized carbons (Fsp3) is 0.370. The zero-order valence-electron chi connectivity index (χ0n) is 39.5. The normalized spacial score (nSPS) is 20.9. The lowest BCUT2D eigenvalue weighted by atomic mass is 9.92. The highest BCUT2D eigenvalue weighted by atomic mass is 35.5. The number of anilines is 1. The van der Waals surface area contributed by atoms with Crippen molar-refractivity contribution in [3.8, 4) is 0 Å². The van der Waals surface area contributed by atoms with Crippen molar-refractivity contribution in [1.29, 1.82) is 0 Å². The first-order valence-corrected chi connectivity index (χ1v) is 25.4. The SMILES string of the molecule is CC(C)(C)OC(=O)N1CCC[C@H]2CN(c3c(F)cc4c(=O)c(C(=O)OCC5=C(C(=O)OC(c6ccccc6)c6ccccc6)N6C(=O)[C@@H](NC(=O)Cc7ccccc7)[C@H]6SC5)cn(C5CC5)c4c3Cl)C[C@H]21. The lowest BCUT2D eigenvalue weighted by molar-refractivity contribution is -0.154. The van der Waals surface area contributed by atoms with Crippen LogP contribution in [0.25, 0.3) is 10.9 Å². The second kappa shape index (κ2) is 19.5. The Morgan fingerprint density at radius 2 is 1.55 bits per heavy atom. The van der Waals surface area contributed by atoms with E-state index in [1.54, 1.807) is 9.47 Å². The number of piperidine rings is 1. The second-order valence-electron chi connectivity index (χ2n) is 19.7. The van der Waals surface area contributed by atoms with Crippen molar-refractivity contribution in [2.24, 2.45) is 5.92 Å². The third-order valence-corrected chi connectivity index (χ3v) is 15.3. The van der Waals surface area contributed by atoms with E-state index in [9.17, 15) is 28.8 Å². The lowest BCUT2D eigenvalue weighted by Crippen LogP contribution is -2.70. The molecule has 17 heteroatoms. The van der Waals surface area contributed by atoms with E-state index in [1.807, 2.05) is 117 Å². The van der Waals surface area contributed by atoms with E-state index in [1.165, 1.54) is 22.9 Å². The van der Waals surface area contributed by atoms with Crippen LogP contribution >= 0.6 is 23.4 Å². The highest BCUT2D eigenvalue weighted by Crippen LogP contribution is 2.45. The van der Waals surface area contributed by atoms with Crippen molar-refractivity contribution < 1.29 is 42.6 Å². The van der Waals surface area contributed by atoms with Crippen LogP contribution in [-0.4, -0.2) is 99.3 Å². The Hall–Kier alpha value is -6.65. The standard InChI is InChI=1S/C54H53ClFN5O9S/c1-54(2,3)70-53(67)59-23-13-20-34-26-58(28-40(34)59)46-39(56)25-37-45(42(46)55)60(36-21-22-36)27-38(47(37)63)51(65)68-29-35-30-71-50-43(57-41(62)24-31-14-7-4-8-15-31)49(64)61(50)44(35)52(66)69-48(32-16-9-5-10-17-32)33-18-11-6-12-19-33/h4-12,14-19,25,27,34,36,40,43,48,50H,13,20-24,26,28-30H2,1-3H3,(H,57,62)/t34-,40+,43+,50+/m0/s1. The maximum Gasteiger partial charge on any atom is 0.410 e. The summed E-state index contributed by atoms with van der Waals surface area (Å²) in [6.07, 6.45) is 3.25. The molecule has 3 amide bonds. The zero-order chi connectivity index (χ0) is 49.7. The van der Waals surface area contributed by atoms with Gasteiger partial charge < -0.3 is 33.9 Å². The number of carbonyl (C=O) groups is 5. The van der Waals surface area contributed by atoms with Crippen molar-refractivity contribution in [2.45, 2.75) is 88.1 Å². The molecule has 1 aromatic heterocycles. The zero-order valence-corrected chi connectivity index (χ0v) is 41.0. The van der Waals surface area contributed by atoms with Crippen LogP contribution in [0.15, 0.2) is 119 Å². The van der Waals surface area contributed by atoms with E-state index in [4.69, 9.17) is 25.8 Å². The molecule has 5 aliphatic rings. The molecule has 1 aliphatic carbocycles. The van der Waals surface area contributed by atoms with Gasteiger partial charge in [-0.05, 0) is 75.1 Å². The monoisotopic (exact) mass is 1000 g/mol. The molecule has 1 saturated carbocycles. The van der Waals surface area contributed by atoms with Crippen molar-refractivity contribution in [3.63, 3.8) is 0 Å². The Morgan fingerprint density at radius 1 is 0.887 bits per heavy atom. The highest BCUT2D eigenvalue weighted by Gasteiger charge is 2.55. The minimum absolute atomic E-state index is 0.0339. The number of hydrogen-bond donors (Lipinski definition) is 1. The highest BCUT2D eigenvalue weighted by molar-refractivity contribution is 8.00. The van der Waals surface area contributed by atoms with Gasteiger partial charge in [-0.15, -0.1) is 11.8 Å². The maximum absolute atomic E-state index is 16.6. The molecule has 4 aliphatic heterocycles. The Bertz CT molecular complexity index is 2980. The summed E-state index contributed by atoms with van der Waals surface area (Å²) >= 11 is 8.45. The summed E-state index contributed by atoms with van der Waals surface area (Å²) in [6, 6.07) is 27.2. The van der Waals surface area contributed by atoms with Gasteiger partial charge in [0.05, 0.1) is 34.1 Å². The number of esters is 2. The van der Waals surface area contributed by atoms with E-state index < -0.39 is 64.9 Å². The minimum Gasteiger partial charge on any atom is -0.457 e. The molecule has 4 aromatic carbocycles. The minimum atomic E-state index is -1.02. The molecular formula is C54H53ClFN5O9S. The van der Waals surface area contributed by atoms with Gasteiger partial charge in [0.25, 0.3) is 5.91 Å². The summed E-state index contributed by atoms with van der Waals surface area (Å²) in [5.41, 5.74) is 0.863. The predicted molar refractivity (Wildman–Crippen MR) is 266 cm³/mol. The number of amides is 3. The van der Waals surface area contributed by atoms with Crippen LogP contribution in [0.2, 0.25) is 5.02 Å². The molecule has 0 spiro atoms. The third kappa shape index (κ3) is 9.63. The number of ether oxygens (including phenoxy) is 3. The molecule has 5 heterocycles. The molecular weight excluding hydrogens is 949 g/mol. The summed E-state index contributed by atoms with van der Waals surface area (Å²) in [5.74, 6) is -3.34. The number of β-lactam (4-membered cyclic amide) rings is 1. The van der Waals surface area contributed by atoms with Gasteiger partial charge in [0.1, 0.15) is 40.7 Å². The third-order valence-electron chi connectivity index (χ3n) is 13.6. The van der Waals surface area contributed by atoms with Gasteiger partial charge in [-0.3, -0.25) is 19.3 Å². The summed E-state index contributed by atoms with van der Waals surface area (Å²) in [7, 11) is 0. The van der Waals surface area contributed by atoms with Crippen LogP contribution in [0.5, 0.6) is 0 Å². The van der Waals surface area contributed by atoms with E-state index >= 15 is 4.39 Å². The molecule has 0 bridgehead atoms. The average Bonchev–Trinajstić information content (AvgIpc) is 4.12. The van der Waals surface area contributed by atoms with E-state index in [0.29, 0.717) is 36.3 Å². The van der Waals surface area contributed by atoms with Crippen LogP contribution in [0.4, 0.5) is 14.9 Å². The van der Waals surface area contributed by atoms with Gasteiger partial charge in [-0.1, -0.05) is 103 Å². The first-order valence-electron chi connectivity index (χ1n) is 23.9. The largest absolute Gasteiger partial charge is 0.457 e. The fourth-order valence-corrected chi connectivity index (χ4v) is 11.9. The van der Waals surface area contributed by atoms with E-state index in [2.05, 4.69) is 5.32 Å². The van der Waals surface area contributed by atoms with Gasteiger partial charge in [0.2, 0.25) is 11.3 Å². The molecule has 10 rings (SSSR count). The summed E-state index contributed by atoms with van der Waals surface area (Å²) in [5, 5.41) is 2.11. The number of carbonyl (C=O) groups excluding carboxylic acids is 5. The number of thioether (sulfide) groups is 1. The van der Waals surface area contributed by atoms with Crippen LogP contribution in [0.3, 0.4) is 0 Å². The molecule has 0 radical (unpaired) electrons. The number of likely N-dealkylation sites (tertiary alicyclic amines) is 1. The second-order valence-corrected chi connectivity index (χ2v) is 21.2. The Morgan fingerprint density at radius 3 is 2.20 bits per heavy atom. The Balaban J connectivity index is 0.937. The Labute approximate surface area is 419 Å². The van der Waals surface area contributed by atoms with Gasteiger partial charge in [0.15, 0.2) is 6.10 Å². The summed E-state index contributed by atoms with van der Waals surface area (Å²) in [6.45, 7) is 6.24. The summed E-state index contributed by atoms with van der Waals surface area (Å²) in [4.78, 5) is 88.5. The van der Waals surface area contributed by atoms with Gasteiger partial charge >= 0.3 is 18.0 Å². The van der Waals surface area contributed by atoms with Crippen LogP contribution < -0.4 is 15.6 Å². The molecule has 14 nitrogen and oxygen atoms in total. The van der Waals surface area contributed by atoms with Crippen LogP contribution in [0, 0.1) is 11.7 Å². The molecule has 71 heavy (non-hydrogen) atoms. The number of benzene rings is 4. The number of nitrogens with one attached hydrogen (secondary N) is 1. The number of rotatable bonds is 12. The molecule has 368 valence electrons. The number of nitrogens with zero attached hydrogens (tertiary/aromatic N) is 4. The topological polar surface area (TPSA) is 157 Å². The van der Waals surface area contributed by atoms with Crippen LogP contribution in [-0.2, 0) is 35.0 Å². The molecule has 3 saturated heterocycles. The smallest absolute Gasteiger partial charge is 0.410 e. The maximum atomic E-state index is 16.6. The van der Waals surface area contributed by atoms with E-state index in [-0.39, 0.29) is 69.0 Å². The summed E-state index contributed by atoms with van der Waals surface area (Å²) < 4.78 is 36.2. The predicted octanol–water partition coefficient (Wildman–Crippen LogP) is 8.35. The van der Waals surface area contributed by atoms with Crippen LogP contribution in [0.1, 0.15) is 85.6 Å². The Kier molecular flexibility index (Phi) is 13.2. The number of halogens is 2. The van der Waals surface area contributed by atoms with Crippen molar-refractivity contribution in [3.05, 3.63) is 158 Å². The first kappa shape index (κ1) is 48.0. The van der Waals surface area contributed by atoms with Crippen molar-refractivity contribution in [1.82, 2.24) is 19.7 Å². The first-order chi connectivity index (χ1) is 34.1. The molecule has 5 aromatic rings. The fourth-order valence-electron chi connectivity index (χ4n) is 10.2. The lowest BCUT2D eigenvalue weighted by Gasteiger charge is -2.49. The number of hydrogen-bond acceptors (Lipinski definition) is 11. The number of aromatic nitrogens is 1. The molecule has 1 N–H and O–H groups in total. The molecule has 4 fully saturated rings. The molecule has 0 unspecified atom stereocenters. The van der Waals surface area contributed by atoms with Crippen molar-refractivity contribution in [2.75, 3.05) is 36.9 Å².